The molecule has 16 heteroatoms. The monoisotopic (exact) mass is 756 g/mol. The molecule has 0 amide bonds. The molecule has 0 atom stereocenters. The highest BCUT2D eigenvalue weighted by Crippen LogP contribution is 2.62. The van der Waals surface area contributed by atoms with Crippen molar-refractivity contribution in [3.8, 4) is 11.5 Å². The molecule has 244 valence electrons. The first-order valence-electron chi connectivity index (χ1n) is 13.1. The quantitative estimate of drug-likeness (QED) is 0.0861. The summed E-state index contributed by atoms with van der Waals surface area (Å²) in [5.41, 5.74) is -0.788. The zero-order valence-electron chi connectivity index (χ0n) is 24.9. The number of ether oxygens (including phenoxy) is 2. The van der Waals surface area contributed by atoms with Crippen LogP contribution in [0.15, 0.2) is 48.5 Å². The molecule has 0 N–H and O–H groups in total. The summed E-state index contributed by atoms with van der Waals surface area (Å²) in [6.45, 7) is 0.800. The van der Waals surface area contributed by atoms with Crippen LogP contribution in [0.5, 0.6) is 11.5 Å². The normalized spacial score (nSPS) is 13.3. The van der Waals surface area contributed by atoms with Crippen LogP contribution in [0, 0.1) is 0 Å². The van der Waals surface area contributed by atoms with Crippen molar-refractivity contribution in [3.63, 3.8) is 0 Å². The van der Waals surface area contributed by atoms with Crippen LogP contribution in [0.2, 0.25) is 12.1 Å². The molecule has 0 aliphatic heterocycles. The van der Waals surface area contributed by atoms with Gasteiger partial charge in [-0.05, 0) is 48.2 Å². The molecule has 2 rings (SSSR count). The topological polar surface area (TPSA) is 73.8 Å². The lowest BCUT2D eigenvalue weighted by molar-refractivity contribution is 0.120. The molecule has 0 aliphatic rings. The Morgan fingerprint density at radius 3 is 1.00 bits per heavy atom. The minimum atomic E-state index is -2.69. The lowest BCUT2D eigenvalue weighted by atomic mass is 9.76. The minimum Gasteiger partial charge on any atom is -0.494 e. The first kappa shape index (κ1) is 39.2. The van der Waals surface area contributed by atoms with Crippen molar-refractivity contribution < 1.29 is 36.0 Å². The van der Waals surface area contributed by atoms with Gasteiger partial charge in [-0.25, -0.2) is 0 Å². The Balaban J connectivity index is 2.25. The fourth-order valence-electron chi connectivity index (χ4n) is 4.65. The van der Waals surface area contributed by atoms with Gasteiger partial charge in [-0.3, -0.25) is 0 Å². The van der Waals surface area contributed by atoms with Crippen molar-refractivity contribution in [3.05, 3.63) is 59.7 Å². The highest BCUT2D eigenvalue weighted by molar-refractivity contribution is 6.74. The van der Waals surface area contributed by atoms with Crippen molar-refractivity contribution >= 4 is 87.2 Å². The van der Waals surface area contributed by atoms with E-state index in [0.717, 1.165) is 0 Å². The predicted octanol–water partition coefficient (Wildman–Crippen LogP) is 8.01. The summed E-state index contributed by atoms with van der Waals surface area (Å²) in [4.78, 5) is 0. The van der Waals surface area contributed by atoms with Crippen molar-refractivity contribution in [2.24, 2.45) is 0 Å². The summed E-state index contributed by atoms with van der Waals surface area (Å²) in [5.74, 6) is 1.16. The molecule has 0 saturated heterocycles. The van der Waals surface area contributed by atoms with Gasteiger partial charge in [-0.2, -0.15) is 0 Å². The molecule has 0 fully saturated rings. The average molecular weight is 759 g/mol. The number of rotatable bonds is 18. The summed E-state index contributed by atoms with van der Waals surface area (Å²) in [7, 11) is 4.05. The maximum atomic E-state index is 6.61. The van der Waals surface area contributed by atoms with Crippen molar-refractivity contribution in [1.82, 2.24) is 0 Å². The van der Waals surface area contributed by atoms with Gasteiger partial charge >= 0.3 is 17.6 Å². The molecule has 0 radical (unpaired) electrons. The van der Waals surface area contributed by atoms with E-state index in [0.29, 0.717) is 60.8 Å². The fourth-order valence-corrected chi connectivity index (χ4v) is 10.6. The molecule has 0 unspecified atom stereocenters. The van der Waals surface area contributed by atoms with Crippen LogP contribution in [-0.2, 0) is 32.0 Å². The molecule has 8 nitrogen and oxygen atoms in total. The fraction of sp³-hybridized carbons (Fsp3) is 0.556. The van der Waals surface area contributed by atoms with Gasteiger partial charge < -0.3 is 36.0 Å². The van der Waals surface area contributed by atoms with Gasteiger partial charge in [0.25, 0.3) is 0 Å². The van der Waals surface area contributed by atoms with Crippen LogP contribution >= 0.6 is 69.6 Å². The van der Waals surface area contributed by atoms with Crippen LogP contribution in [0.3, 0.4) is 0 Å². The molecule has 0 saturated carbocycles. The molecule has 0 heterocycles. The van der Waals surface area contributed by atoms with E-state index in [9.17, 15) is 0 Å². The maximum Gasteiger partial charge on any atom is 0.500 e. The number of hydrogen-bond acceptors (Lipinski definition) is 8. The number of halogens is 6. The first-order valence-corrected chi connectivity index (χ1v) is 19.3. The molecule has 0 aliphatic carbocycles. The first-order chi connectivity index (χ1) is 20.2. The summed E-state index contributed by atoms with van der Waals surface area (Å²) in [6, 6.07) is 14.9. The molecule has 0 aromatic heterocycles. The highest BCUT2D eigenvalue weighted by atomic mass is 35.6. The summed E-state index contributed by atoms with van der Waals surface area (Å²) < 4.78 is 40.3. The van der Waals surface area contributed by atoms with E-state index in [1.165, 1.54) is 0 Å². The Bertz CT molecular complexity index is 989. The van der Waals surface area contributed by atoms with Gasteiger partial charge in [-0.15, -0.1) is 0 Å². The lowest BCUT2D eigenvalue weighted by Gasteiger charge is -2.45. The Morgan fingerprint density at radius 1 is 0.488 bits per heavy atom. The van der Waals surface area contributed by atoms with E-state index < -0.39 is 30.6 Å². The third kappa shape index (κ3) is 9.51. The van der Waals surface area contributed by atoms with Crippen LogP contribution in [0.25, 0.3) is 0 Å². The highest BCUT2D eigenvalue weighted by Gasteiger charge is 2.63. The third-order valence-electron chi connectivity index (χ3n) is 7.08. The van der Waals surface area contributed by atoms with E-state index in [2.05, 4.69) is 0 Å². The second-order valence-electron chi connectivity index (χ2n) is 9.29. The van der Waals surface area contributed by atoms with E-state index >= 15 is 0 Å². The van der Waals surface area contributed by atoms with Gasteiger partial charge in [0.05, 0.1) is 13.2 Å². The molecule has 2 aromatic rings. The van der Waals surface area contributed by atoms with Crippen molar-refractivity contribution in [2.75, 3.05) is 55.9 Å². The van der Waals surface area contributed by atoms with E-state index in [1.54, 1.807) is 91.2 Å². The predicted molar refractivity (Wildman–Crippen MR) is 178 cm³/mol. The molecular formula is C27H38Cl6O8Si2. The Labute approximate surface area is 286 Å². The van der Waals surface area contributed by atoms with E-state index in [1.807, 2.05) is 0 Å². The molecular weight excluding hydrogens is 721 g/mol. The van der Waals surface area contributed by atoms with Gasteiger partial charge in [0.1, 0.15) is 16.9 Å². The van der Waals surface area contributed by atoms with Crippen LogP contribution < -0.4 is 9.47 Å². The second kappa shape index (κ2) is 17.2. The van der Waals surface area contributed by atoms with E-state index in [4.69, 9.17) is 106 Å². The smallest absolute Gasteiger partial charge is 0.494 e. The largest absolute Gasteiger partial charge is 0.500 e. The summed E-state index contributed by atoms with van der Waals surface area (Å²) >= 11 is 39.7. The number of hydrogen-bond donors (Lipinski definition) is 0. The third-order valence-corrected chi connectivity index (χ3v) is 14.4. The molecule has 0 bridgehead atoms. The van der Waals surface area contributed by atoms with Crippen LogP contribution in [0.4, 0.5) is 0 Å². The standard InChI is InChI=1S/C27H38Cl6O8Si2/c1-34-42(35-2,36-3)19-7-17-40-23-13-9-21(10-14-23)25(26(28,29)30,27(31,32)33)22-11-15-24(16-12-22)41-18-8-20-43(37-4,38-5)39-6/h9-16H,7-8,17-20H2,1-6H3. The molecule has 0 spiro atoms. The van der Waals surface area contributed by atoms with Gasteiger partial charge in [0, 0.05) is 54.7 Å². The van der Waals surface area contributed by atoms with Gasteiger partial charge in [0.15, 0.2) is 0 Å². The molecule has 2 aromatic carbocycles. The minimum absolute atomic E-state index is 0.400. The van der Waals surface area contributed by atoms with Crippen molar-refractivity contribution in [2.45, 2.75) is 37.9 Å². The zero-order chi connectivity index (χ0) is 32.4. The maximum absolute atomic E-state index is 6.61. The van der Waals surface area contributed by atoms with Crippen molar-refractivity contribution in [1.29, 1.82) is 0 Å². The Kier molecular flexibility index (Phi) is 15.7. The molecule has 43 heavy (non-hydrogen) atoms. The summed E-state index contributed by atoms with van der Waals surface area (Å²) in [5, 5.41) is 0. The van der Waals surface area contributed by atoms with Gasteiger partial charge in [-0.1, -0.05) is 93.9 Å². The SMILES string of the molecule is CO[Si](CCCOc1ccc(C(c2ccc(OCCC[Si](OC)(OC)OC)cc2)(C(Cl)(Cl)Cl)C(Cl)(Cl)Cl)cc1)(OC)OC. The summed E-state index contributed by atoms with van der Waals surface area (Å²) in [6.07, 6.45) is 1.30. The van der Waals surface area contributed by atoms with Crippen LogP contribution in [-0.4, -0.2) is 81.1 Å². The van der Waals surface area contributed by atoms with Crippen LogP contribution in [0.1, 0.15) is 24.0 Å². The second-order valence-corrected chi connectivity index (χ2v) is 20.0. The zero-order valence-corrected chi connectivity index (χ0v) is 31.4. The lowest BCUT2D eigenvalue weighted by Crippen LogP contribution is -2.51. The average Bonchev–Trinajstić information content (AvgIpc) is 2.98. The Hall–Kier alpha value is -0.0262. The Morgan fingerprint density at radius 2 is 0.767 bits per heavy atom. The van der Waals surface area contributed by atoms with Gasteiger partial charge in [0.2, 0.25) is 7.59 Å². The number of alkyl halides is 6. The van der Waals surface area contributed by atoms with E-state index in [-0.39, 0.29) is 0 Å². The number of benzene rings is 2.